The molecule has 0 aliphatic rings. The molecule has 1 aromatic heterocycles. The first-order valence-electron chi connectivity index (χ1n) is 3.10. The number of aliphatic hydroxyl groups is 1. The van der Waals surface area contributed by atoms with Gasteiger partial charge in [0.05, 0.1) is 12.4 Å². The van der Waals surface area contributed by atoms with Gasteiger partial charge >= 0.3 is 0 Å². The highest BCUT2D eigenvalue weighted by Crippen LogP contribution is 2.02. The van der Waals surface area contributed by atoms with E-state index >= 15 is 0 Å². The molecule has 0 amide bonds. The fourth-order valence-electron chi connectivity index (χ4n) is 0.614. The normalized spacial score (nSPS) is 9.50. The molecule has 4 nitrogen and oxygen atoms in total. The Kier molecular flexibility index (Phi) is 3.33. The molecule has 64 valence electrons. The van der Waals surface area contributed by atoms with Crippen molar-refractivity contribution in [2.75, 3.05) is 6.73 Å². The van der Waals surface area contributed by atoms with Crippen molar-refractivity contribution >= 4 is 28.8 Å². The summed E-state index contributed by atoms with van der Waals surface area (Å²) < 4.78 is 0. The number of aromatic nitrogens is 2. The van der Waals surface area contributed by atoms with Crippen LogP contribution < -0.4 is 5.32 Å². The fraction of sp³-hybridized carbons (Fsp3) is 0.167. The van der Waals surface area contributed by atoms with Gasteiger partial charge < -0.3 is 10.4 Å². The van der Waals surface area contributed by atoms with E-state index in [1.54, 1.807) is 0 Å². The second kappa shape index (κ2) is 4.30. The van der Waals surface area contributed by atoms with E-state index in [1.807, 2.05) is 0 Å². The topological polar surface area (TPSA) is 58.0 Å². The maximum atomic E-state index is 8.49. The molecule has 0 bridgehead atoms. The van der Waals surface area contributed by atoms with E-state index in [0.29, 0.717) is 10.7 Å². The van der Waals surface area contributed by atoms with E-state index < -0.39 is 0 Å². The van der Waals surface area contributed by atoms with Crippen molar-refractivity contribution in [2.45, 2.75) is 0 Å². The Balaban J connectivity index is 2.81. The molecule has 0 fully saturated rings. The maximum absolute atomic E-state index is 8.49. The zero-order valence-corrected chi connectivity index (χ0v) is 7.56. The second-order valence-electron chi connectivity index (χ2n) is 1.89. The predicted octanol–water partition coefficient (Wildman–Crippen LogP) is 0.345. The van der Waals surface area contributed by atoms with Crippen LogP contribution in [0, 0.1) is 0 Å². The number of rotatable bonds is 2. The molecule has 0 aliphatic heterocycles. The van der Waals surface area contributed by atoms with E-state index in [1.165, 1.54) is 12.4 Å². The van der Waals surface area contributed by atoms with Gasteiger partial charge in [0.2, 0.25) is 0 Å². The molecule has 0 saturated carbocycles. The molecule has 0 spiro atoms. The van der Waals surface area contributed by atoms with E-state index in [0.717, 1.165) is 0 Å². The molecule has 1 rings (SSSR count). The summed E-state index contributed by atoms with van der Waals surface area (Å²) in [7, 11) is 0. The van der Waals surface area contributed by atoms with Gasteiger partial charge in [0.25, 0.3) is 0 Å². The summed E-state index contributed by atoms with van der Waals surface area (Å²) in [6, 6.07) is 0. The zero-order valence-electron chi connectivity index (χ0n) is 5.99. The Morgan fingerprint density at radius 2 is 2.42 bits per heavy atom. The molecular formula is C6H6ClN3OS. The first-order valence-corrected chi connectivity index (χ1v) is 3.89. The smallest absolute Gasteiger partial charge is 0.148 e. The van der Waals surface area contributed by atoms with Crippen LogP contribution in [0.3, 0.4) is 0 Å². The van der Waals surface area contributed by atoms with E-state index in [2.05, 4.69) is 15.3 Å². The molecule has 12 heavy (non-hydrogen) atoms. The average molecular weight is 204 g/mol. The number of nitrogens with zero attached hydrogens (tertiary/aromatic N) is 2. The Hall–Kier alpha value is -0.780. The van der Waals surface area contributed by atoms with Crippen molar-refractivity contribution in [1.29, 1.82) is 0 Å². The second-order valence-corrected chi connectivity index (χ2v) is 2.69. The van der Waals surface area contributed by atoms with Gasteiger partial charge in [0, 0.05) is 0 Å². The van der Waals surface area contributed by atoms with Crippen LogP contribution in [0.15, 0.2) is 12.4 Å². The molecule has 1 heterocycles. The molecule has 2 N–H and O–H groups in total. The number of hydrogen-bond donors (Lipinski definition) is 2. The summed E-state index contributed by atoms with van der Waals surface area (Å²) in [5, 5.41) is 11.3. The lowest BCUT2D eigenvalue weighted by molar-refractivity contribution is 0.287. The van der Waals surface area contributed by atoms with Crippen molar-refractivity contribution in [1.82, 2.24) is 15.3 Å². The number of thiocarbonyl (C=S) groups is 1. The summed E-state index contributed by atoms with van der Waals surface area (Å²) in [4.78, 5) is 7.99. The number of halogens is 1. The lowest BCUT2D eigenvalue weighted by Gasteiger charge is -2.02. The number of hydrogen-bond acceptors (Lipinski definition) is 4. The van der Waals surface area contributed by atoms with Gasteiger partial charge in [-0.2, -0.15) is 0 Å². The molecule has 0 saturated heterocycles. The quantitative estimate of drug-likeness (QED) is 0.537. The highest BCUT2D eigenvalue weighted by Gasteiger charge is 2.01. The van der Waals surface area contributed by atoms with Crippen molar-refractivity contribution in [3.05, 3.63) is 23.2 Å². The third kappa shape index (κ3) is 2.37. The van der Waals surface area contributed by atoms with Gasteiger partial charge in [-0.15, -0.1) is 0 Å². The predicted molar refractivity (Wildman–Crippen MR) is 49.0 cm³/mol. The molecule has 0 aromatic carbocycles. The minimum atomic E-state index is -0.229. The molecule has 0 radical (unpaired) electrons. The number of nitrogens with one attached hydrogen (secondary N) is 1. The van der Waals surface area contributed by atoms with Crippen molar-refractivity contribution < 1.29 is 5.11 Å². The van der Waals surface area contributed by atoms with Crippen molar-refractivity contribution in [3.8, 4) is 0 Å². The first kappa shape index (κ1) is 9.31. The minimum Gasteiger partial charge on any atom is -0.377 e. The van der Waals surface area contributed by atoms with Crippen LogP contribution in [0.5, 0.6) is 0 Å². The molecule has 0 aliphatic carbocycles. The van der Waals surface area contributed by atoms with E-state index in [9.17, 15) is 0 Å². The van der Waals surface area contributed by atoms with Crippen LogP contribution in [-0.2, 0) is 0 Å². The van der Waals surface area contributed by atoms with E-state index in [4.69, 9.17) is 28.9 Å². The Morgan fingerprint density at radius 1 is 1.67 bits per heavy atom. The highest BCUT2D eigenvalue weighted by atomic mass is 35.5. The van der Waals surface area contributed by atoms with Crippen LogP contribution >= 0.6 is 23.8 Å². The van der Waals surface area contributed by atoms with Gasteiger partial charge in [-0.1, -0.05) is 23.8 Å². The summed E-state index contributed by atoms with van der Waals surface area (Å²) in [6.07, 6.45) is 2.88. The summed E-state index contributed by atoms with van der Waals surface area (Å²) in [5.74, 6) is 0. The molecule has 6 heteroatoms. The molecule has 0 atom stereocenters. The SMILES string of the molecule is OCNC(=S)c1cncc(Cl)n1. The van der Waals surface area contributed by atoms with Crippen LogP contribution in [0.1, 0.15) is 5.69 Å². The summed E-state index contributed by atoms with van der Waals surface area (Å²) in [5.41, 5.74) is 0.451. The van der Waals surface area contributed by atoms with Crippen LogP contribution in [0.4, 0.5) is 0 Å². The Labute approximate surface area is 79.6 Å². The maximum Gasteiger partial charge on any atom is 0.148 e. The Bertz CT molecular complexity index is 294. The molecule has 0 unspecified atom stereocenters. The lowest BCUT2D eigenvalue weighted by atomic mass is 10.4. The van der Waals surface area contributed by atoms with Gasteiger partial charge in [-0.25, -0.2) is 4.98 Å². The van der Waals surface area contributed by atoms with Crippen molar-refractivity contribution in [3.63, 3.8) is 0 Å². The Morgan fingerprint density at radius 3 is 3.00 bits per heavy atom. The van der Waals surface area contributed by atoms with Crippen LogP contribution in [0.2, 0.25) is 5.15 Å². The summed E-state index contributed by atoms with van der Waals surface area (Å²) >= 11 is 10.4. The minimum absolute atomic E-state index is 0.229. The standard InChI is InChI=1S/C6H6ClN3OS/c7-5-2-8-1-4(10-5)6(12)9-3-11/h1-2,11H,3H2,(H,9,12). The van der Waals surface area contributed by atoms with Gasteiger partial charge in [0.1, 0.15) is 22.6 Å². The van der Waals surface area contributed by atoms with Gasteiger partial charge in [-0.3, -0.25) is 4.98 Å². The number of aliphatic hydroxyl groups excluding tert-OH is 1. The lowest BCUT2D eigenvalue weighted by Crippen LogP contribution is -2.24. The largest absolute Gasteiger partial charge is 0.377 e. The van der Waals surface area contributed by atoms with E-state index in [-0.39, 0.29) is 11.9 Å². The van der Waals surface area contributed by atoms with Gasteiger partial charge in [-0.05, 0) is 0 Å². The highest BCUT2D eigenvalue weighted by molar-refractivity contribution is 7.80. The van der Waals surface area contributed by atoms with Crippen LogP contribution in [0.25, 0.3) is 0 Å². The fourth-order valence-corrected chi connectivity index (χ4v) is 0.924. The third-order valence-electron chi connectivity index (χ3n) is 1.08. The molecular weight excluding hydrogens is 198 g/mol. The zero-order chi connectivity index (χ0) is 8.97. The summed E-state index contributed by atoms with van der Waals surface area (Å²) in [6.45, 7) is -0.229. The average Bonchev–Trinajstić information content (AvgIpc) is 2.05. The first-order chi connectivity index (χ1) is 5.74. The van der Waals surface area contributed by atoms with Crippen LogP contribution in [-0.4, -0.2) is 26.8 Å². The monoisotopic (exact) mass is 203 g/mol. The molecule has 1 aromatic rings. The van der Waals surface area contributed by atoms with Gasteiger partial charge in [0.15, 0.2) is 0 Å². The third-order valence-corrected chi connectivity index (χ3v) is 1.61. The van der Waals surface area contributed by atoms with Crippen molar-refractivity contribution in [2.24, 2.45) is 0 Å².